The highest BCUT2D eigenvalue weighted by atomic mass is 16.6. The number of methoxy groups -OCH3 is 1. The van der Waals surface area contributed by atoms with Gasteiger partial charge in [0.1, 0.15) is 12.4 Å². The molecule has 0 spiro atoms. The van der Waals surface area contributed by atoms with E-state index in [0.717, 1.165) is 17.9 Å². The zero-order valence-electron chi connectivity index (χ0n) is 12.9. The van der Waals surface area contributed by atoms with Crippen molar-refractivity contribution in [2.24, 2.45) is 5.73 Å². The fraction of sp³-hybridized carbons (Fsp3) is 0.667. The zero-order chi connectivity index (χ0) is 15.3. The van der Waals surface area contributed by atoms with Crippen LogP contribution >= 0.6 is 0 Å². The summed E-state index contributed by atoms with van der Waals surface area (Å²) in [6, 6.07) is 3.76. The monoisotopic (exact) mass is 298 g/mol. The zero-order valence-corrected chi connectivity index (χ0v) is 12.9. The molecule has 1 aromatic heterocycles. The molecule has 0 aliphatic rings. The molecule has 0 fully saturated rings. The summed E-state index contributed by atoms with van der Waals surface area (Å²) in [4.78, 5) is 4.28. The van der Waals surface area contributed by atoms with Crippen molar-refractivity contribution in [1.29, 1.82) is 0 Å². The molecule has 0 amide bonds. The van der Waals surface area contributed by atoms with E-state index in [1.54, 1.807) is 13.3 Å². The predicted molar refractivity (Wildman–Crippen MR) is 80.5 cm³/mol. The SMILES string of the molecule is CC[C@@H](N)c1ccc(OCCOCCOCCOC)cn1. The molecule has 0 saturated heterocycles. The van der Waals surface area contributed by atoms with Crippen LogP contribution in [0.1, 0.15) is 25.1 Å². The Hall–Kier alpha value is -1.21. The van der Waals surface area contributed by atoms with E-state index in [0.29, 0.717) is 39.6 Å². The second kappa shape index (κ2) is 11.4. The fourth-order valence-corrected chi connectivity index (χ4v) is 1.59. The van der Waals surface area contributed by atoms with Crippen LogP contribution in [0.2, 0.25) is 0 Å². The lowest BCUT2D eigenvalue weighted by molar-refractivity contribution is 0.0179. The van der Waals surface area contributed by atoms with Crippen LogP contribution in [0.3, 0.4) is 0 Å². The molecule has 2 N–H and O–H groups in total. The van der Waals surface area contributed by atoms with Crippen molar-refractivity contribution in [2.75, 3.05) is 46.8 Å². The molecule has 120 valence electrons. The van der Waals surface area contributed by atoms with E-state index >= 15 is 0 Å². The molecule has 1 aromatic rings. The van der Waals surface area contributed by atoms with Gasteiger partial charge in [0.2, 0.25) is 0 Å². The highest BCUT2D eigenvalue weighted by Gasteiger charge is 2.04. The number of pyridine rings is 1. The Balaban J connectivity index is 2.05. The number of hydrogen-bond donors (Lipinski definition) is 1. The van der Waals surface area contributed by atoms with Crippen LogP contribution in [0.4, 0.5) is 0 Å². The molecule has 21 heavy (non-hydrogen) atoms. The number of ether oxygens (including phenoxy) is 4. The standard InChI is InChI=1S/C15H26N2O4/c1-3-14(16)15-5-4-13(12-17-15)21-11-10-20-9-8-19-7-6-18-2/h4-5,12,14H,3,6-11,16H2,1-2H3/t14-/m1/s1. The second-order valence-corrected chi connectivity index (χ2v) is 4.50. The lowest BCUT2D eigenvalue weighted by Crippen LogP contribution is -2.13. The highest BCUT2D eigenvalue weighted by molar-refractivity contribution is 5.21. The smallest absolute Gasteiger partial charge is 0.137 e. The Morgan fingerprint density at radius 1 is 1.05 bits per heavy atom. The number of hydrogen-bond acceptors (Lipinski definition) is 6. The third-order valence-electron chi connectivity index (χ3n) is 2.88. The van der Waals surface area contributed by atoms with Gasteiger partial charge < -0.3 is 24.7 Å². The first-order chi connectivity index (χ1) is 10.3. The third kappa shape index (κ3) is 7.96. The molecule has 0 radical (unpaired) electrons. The normalized spacial score (nSPS) is 12.3. The molecule has 6 nitrogen and oxygen atoms in total. The average Bonchev–Trinajstić information content (AvgIpc) is 2.53. The minimum atomic E-state index is -0.0134. The third-order valence-corrected chi connectivity index (χ3v) is 2.88. The van der Waals surface area contributed by atoms with Gasteiger partial charge in [-0.05, 0) is 18.6 Å². The lowest BCUT2D eigenvalue weighted by Gasteiger charge is -2.10. The highest BCUT2D eigenvalue weighted by Crippen LogP contribution is 2.14. The molecule has 6 heteroatoms. The fourth-order valence-electron chi connectivity index (χ4n) is 1.59. The van der Waals surface area contributed by atoms with Crippen molar-refractivity contribution in [3.05, 3.63) is 24.0 Å². The van der Waals surface area contributed by atoms with E-state index in [-0.39, 0.29) is 6.04 Å². The first kappa shape index (κ1) is 17.8. The van der Waals surface area contributed by atoms with Crippen LogP contribution in [0, 0.1) is 0 Å². The predicted octanol–water partition coefficient (Wildman–Crippen LogP) is 1.55. The van der Waals surface area contributed by atoms with Gasteiger partial charge in [0.25, 0.3) is 0 Å². The van der Waals surface area contributed by atoms with Crippen LogP contribution in [0.5, 0.6) is 5.75 Å². The van der Waals surface area contributed by atoms with E-state index < -0.39 is 0 Å². The van der Waals surface area contributed by atoms with Gasteiger partial charge in [-0.3, -0.25) is 4.98 Å². The average molecular weight is 298 g/mol. The largest absolute Gasteiger partial charge is 0.490 e. The molecule has 0 aliphatic carbocycles. The topological polar surface area (TPSA) is 75.8 Å². The van der Waals surface area contributed by atoms with Crippen molar-refractivity contribution in [3.63, 3.8) is 0 Å². The van der Waals surface area contributed by atoms with Gasteiger partial charge in [-0.2, -0.15) is 0 Å². The second-order valence-electron chi connectivity index (χ2n) is 4.50. The molecule has 1 atom stereocenters. The van der Waals surface area contributed by atoms with Gasteiger partial charge in [-0.1, -0.05) is 6.92 Å². The van der Waals surface area contributed by atoms with Crippen molar-refractivity contribution >= 4 is 0 Å². The molecule has 0 saturated carbocycles. The van der Waals surface area contributed by atoms with Crippen LogP contribution in [-0.4, -0.2) is 51.7 Å². The van der Waals surface area contributed by atoms with Gasteiger partial charge in [-0.25, -0.2) is 0 Å². The van der Waals surface area contributed by atoms with Gasteiger partial charge in [0, 0.05) is 13.2 Å². The van der Waals surface area contributed by atoms with E-state index in [1.807, 2.05) is 19.1 Å². The summed E-state index contributed by atoms with van der Waals surface area (Å²) < 4.78 is 21.1. The summed E-state index contributed by atoms with van der Waals surface area (Å²) in [5.74, 6) is 0.724. The summed E-state index contributed by atoms with van der Waals surface area (Å²) in [5, 5.41) is 0. The number of rotatable bonds is 12. The molecule has 0 aromatic carbocycles. The number of aromatic nitrogens is 1. The first-order valence-electron chi connectivity index (χ1n) is 7.26. The van der Waals surface area contributed by atoms with Crippen LogP contribution < -0.4 is 10.5 Å². The van der Waals surface area contributed by atoms with Gasteiger partial charge >= 0.3 is 0 Å². The van der Waals surface area contributed by atoms with Gasteiger partial charge in [0.05, 0.1) is 44.9 Å². The number of nitrogens with zero attached hydrogens (tertiary/aromatic N) is 1. The van der Waals surface area contributed by atoms with Gasteiger partial charge in [-0.15, -0.1) is 0 Å². The molecule has 1 heterocycles. The van der Waals surface area contributed by atoms with E-state index in [1.165, 1.54) is 0 Å². The Morgan fingerprint density at radius 2 is 1.71 bits per heavy atom. The quantitative estimate of drug-likeness (QED) is 0.590. The lowest BCUT2D eigenvalue weighted by atomic mass is 10.1. The van der Waals surface area contributed by atoms with Gasteiger partial charge in [0.15, 0.2) is 0 Å². The van der Waals surface area contributed by atoms with Crippen LogP contribution in [0.15, 0.2) is 18.3 Å². The molecule has 1 rings (SSSR count). The van der Waals surface area contributed by atoms with Crippen LogP contribution in [0.25, 0.3) is 0 Å². The Kier molecular flexibility index (Phi) is 9.73. The van der Waals surface area contributed by atoms with Crippen molar-refractivity contribution < 1.29 is 18.9 Å². The molecule has 0 bridgehead atoms. The van der Waals surface area contributed by atoms with E-state index in [4.69, 9.17) is 24.7 Å². The van der Waals surface area contributed by atoms with Crippen LogP contribution in [-0.2, 0) is 14.2 Å². The maximum Gasteiger partial charge on any atom is 0.137 e. The summed E-state index contributed by atoms with van der Waals surface area (Å²) in [6.45, 7) is 5.35. The number of nitrogens with two attached hydrogens (primary N) is 1. The van der Waals surface area contributed by atoms with E-state index in [9.17, 15) is 0 Å². The first-order valence-corrected chi connectivity index (χ1v) is 7.26. The summed E-state index contributed by atoms with van der Waals surface area (Å²) in [6.07, 6.45) is 2.56. The van der Waals surface area contributed by atoms with Crippen molar-refractivity contribution in [2.45, 2.75) is 19.4 Å². The molecular formula is C15H26N2O4. The summed E-state index contributed by atoms with van der Waals surface area (Å²) in [5.41, 5.74) is 6.78. The van der Waals surface area contributed by atoms with Crippen molar-refractivity contribution in [1.82, 2.24) is 4.98 Å². The Bertz CT molecular complexity index is 359. The van der Waals surface area contributed by atoms with E-state index in [2.05, 4.69) is 4.98 Å². The summed E-state index contributed by atoms with van der Waals surface area (Å²) >= 11 is 0. The Labute approximate surface area is 126 Å². The maximum absolute atomic E-state index is 5.90. The Morgan fingerprint density at radius 3 is 2.29 bits per heavy atom. The molecule has 0 aliphatic heterocycles. The summed E-state index contributed by atoms with van der Waals surface area (Å²) in [7, 11) is 1.65. The minimum Gasteiger partial charge on any atom is -0.490 e. The molecule has 0 unspecified atom stereocenters. The minimum absolute atomic E-state index is 0.0134. The van der Waals surface area contributed by atoms with Crippen molar-refractivity contribution in [3.8, 4) is 5.75 Å². The maximum atomic E-state index is 5.90. The molecular weight excluding hydrogens is 272 g/mol.